The number of likely N-dealkylation sites (tertiary alicyclic amines) is 1. The van der Waals surface area contributed by atoms with Gasteiger partial charge in [0.1, 0.15) is 5.75 Å². The highest BCUT2D eigenvalue weighted by Gasteiger charge is 2.27. The van der Waals surface area contributed by atoms with Crippen molar-refractivity contribution < 1.29 is 9.53 Å². The third kappa shape index (κ3) is 3.74. The second-order valence-electron chi connectivity index (χ2n) is 5.16. The first-order chi connectivity index (χ1) is 9.72. The van der Waals surface area contributed by atoms with Crippen LogP contribution in [0.4, 0.5) is 0 Å². The van der Waals surface area contributed by atoms with E-state index < -0.39 is 0 Å². The number of ether oxygens (including phenoxy) is 1. The Kier molecular flexibility index (Phi) is 5.00. The van der Waals surface area contributed by atoms with Crippen molar-refractivity contribution in [3.8, 4) is 11.8 Å². The van der Waals surface area contributed by atoms with Crippen molar-refractivity contribution >= 4 is 5.91 Å². The molecule has 1 amide bonds. The van der Waals surface area contributed by atoms with Crippen molar-refractivity contribution in [2.45, 2.75) is 26.2 Å². The lowest BCUT2D eigenvalue weighted by Crippen LogP contribution is -2.27. The summed E-state index contributed by atoms with van der Waals surface area (Å²) >= 11 is 0. The van der Waals surface area contributed by atoms with Crippen LogP contribution in [-0.4, -0.2) is 30.5 Å². The van der Waals surface area contributed by atoms with Gasteiger partial charge in [-0.2, -0.15) is 5.26 Å². The Labute approximate surface area is 120 Å². The van der Waals surface area contributed by atoms with Crippen LogP contribution in [0.1, 0.15) is 31.7 Å². The molecule has 1 fully saturated rings. The zero-order valence-electron chi connectivity index (χ0n) is 11.8. The lowest BCUT2D eigenvalue weighted by Gasteiger charge is -2.16. The van der Waals surface area contributed by atoms with E-state index in [1.165, 1.54) is 0 Å². The average molecular weight is 272 g/mol. The smallest absolute Gasteiger partial charge is 0.222 e. The summed E-state index contributed by atoms with van der Waals surface area (Å²) < 4.78 is 5.61. The molecule has 1 aromatic rings. The van der Waals surface area contributed by atoms with Gasteiger partial charge in [0.05, 0.1) is 18.2 Å². The number of carbonyl (C=O) groups excluding carboxylic acids is 1. The van der Waals surface area contributed by atoms with Gasteiger partial charge in [0.25, 0.3) is 0 Å². The molecule has 106 valence electrons. The molecule has 0 aromatic heterocycles. The van der Waals surface area contributed by atoms with Crippen LogP contribution in [0.3, 0.4) is 0 Å². The summed E-state index contributed by atoms with van der Waals surface area (Å²) in [6, 6.07) is 9.22. The van der Waals surface area contributed by atoms with Gasteiger partial charge in [-0.15, -0.1) is 0 Å². The summed E-state index contributed by atoms with van der Waals surface area (Å²) in [6.45, 7) is 4.34. The number of hydrogen-bond acceptors (Lipinski definition) is 3. The van der Waals surface area contributed by atoms with E-state index >= 15 is 0 Å². The van der Waals surface area contributed by atoms with Gasteiger partial charge in [-0.05, 0) is 30.5 Å². The van der Waals surface area contributed by atoms with Gasteiger partial charge in [0, 0.05) is 19.5 Å². The Morgan fingerprint density at radius 2 is 2.35 bits per heavy atom. The topological polar surface area (TPSA) is 53.3 Å². The Morgan fingerprint density at radius 3 is 3.05 bits per heavy atom. The van der Waals surface area contributed by atoms with Crippen LogP contribution in [0.2, 0.25) is 0 Å². The molecule has 1 aliphatic heterocycles. The van der Waals surface area contributed by atoms with Gasteiger partial charge < -0.3 is 9.64 Å². The third-order valence-electron chi connectivity index (χ3n) is 3.68. The first-order valence-electron chi connectivity index (χ1n) is 7.13. The predicted octanol–water partition coefficient (Wildman–Crippen LogP) is 2.59. The Morgan fingerprint density at radius 1 is 1.50 bits per heavy atom. The summed E-state index contributed by atoms with van der Waals surface area (Å²) in [5.74, 6) is 1.50. The van der Waals surface area contributed by atoms with Crippen molar-refractivity contribution in [3.05, 3.63) is 29.8 Å². The second kappa shape index (κ2) is 6.95. The largest absolute Gasteiger partial charge is 0.493 e. The molecular formula is C16H20N2O2. The highest BCUT2D eigenvalue weighted by atomic mass is 16.5. The van der Waals surface area contributed by atoms with Crippen LogP contribution in [-0.2, 0) is 4.79 Å². The Balaban J connectivity index is 1.71. The van der Waals surface area contributed by atoms with Crippen LogP contribution >= 0.6 is 0 Å². The number of amides is 1. The summed E-state index contributed by atoms with van der Waals surface area (Å²) in [5, 5.41) is 8.80. The van der Waals surface area contributed by atoms with E-state index in [1.807, 2.05) is 17.0 Å². The van der Waals surface area contributed by atoms with Gasteiger partial charge in [-0.1, -0.05) is 19.4 Å². The quantitative estimate of drug-likeness (QED) is 0.748. The fourth-order valence-corrected chi connectivity index (χ4v) is 2.44. The van der Waals surface area contributed by atoms with Crippen LogP contribution < -0.4 is 4.74 Å². The zero-order chi connectivity index (χ0) is 14.4. The molecule has 1 saturated heterocycles. The maximum atomic E-state index is 11.7. The molecule has 0 saturated carbocycles. The first kappa shape index (κ1) is 14.4. The molecule has 0 radical (unpaired) electrons. The lowest BCUT2D eigenvalue weighted by molar-refractivity contribution is -0.127. The normalized spacial score (nSPS) is 18.1. The lowest BCUT2D eigenvalue weighted by atomic mass is 10.1. The van der Waals surface area contributed by atoms with E-state index in [1.54, 1.807) is 12.1 Å². The molecule has 1 heterocycles. The minimum Gasteiger partial charge on any atom is -0.493 e. The molecule has 2 rings (SSSR count). The molecule has 4 nitrogen and oxygen atoms in total. The molecule has 1 aliphatic rings. The van der Waals surface area contributed by atoms with Crippen molar-refractivity contribution in [3.63, 3.8) is 0 Å². The van der Waals surface area contributed by atoms with Gasteiger partial charge in [-0.25, -0.2) is 0 Å². The average Bonchev–Trinajstić information content (AvgIpc) is 2.84. The number of benzene rings is 1. The van der Waals surface area contributed by atoms with Crippen molar-refractivity contribution in [1.29, 1.82) is 5.26 Å². The van der Waals surface area contributed by atoms with Crippen molar-refractivity contribution in [2.75, 3.05) is 19.7 Å². The molecule has 4 heteroatoms. The standard InChI is InChI=1S/C16H20N2O2/c1-2-13-10-16(19)18(12-13)7-4-8-20-15-6-3-5-14(9-15)11-17/h3,5-6,9,13H,2,4,7-8,10,12H2,1H3. The molecule has 1 aromatic carbocycles. The van der Waals surface area contributed by atoms with Gasteiger partial charge in [-0.3, -0.25) is 4.79 Å². The van der Waals surface area contributed by atoms with E-state index in [0.29, 0.717) is 30.3 Å². The molecular weight excluding hydrogens is 252 g/mol. The minimum atomic E-state index is 0.267. The maximum Gasteiger partial charge on any atom is 0.222 e. The fraction of sp³-hybridized carbons (Fsp3) is 0.500. The number of rotatable bonds is 6. The minimum absolute atomic E-state index is 0.267. The maximum absolute atomic E-state index is 11.7. The fourth-order valence-electron chi connectivity index (χ4n) is 2.44. The van der Waals surface area contributed by atoms with Gasteiger partial charge in [0.2, 0.25) is 5.91 Å². The molecule has 0 bridgehead atoms. The van der Waals surface area contributed by atoms with E-state index in [2.05, 4.69) is 13.0 Å². The Hall–Kier alpha value is -2.02. The van der Waals surface area contributed by atoms with E-state index in [0.717, 1.165) is 25.9 Å². The molecule has 0 N–H and O–H groups in total. The SMILES string of the molecule is CCC1CC(=O)N(CCCOc2cccc(C#N)c2)C1. The van der Waals surface area contributed by atoms with Crippen molar-refractivity contribution in [2.24, 2.45) is 5.92 Å². The van der Waals surface area contributed by atoms with Crippen LogP contribution in [0.25, 0.3) is 0 Å². The van der Waals surface area contributed by atoms with Crippen LogP contribution in [0.15, 0.2) is 24.3 Å². The predicted molar refractivity (Wildman–Crippen MR) is 76.2 cm³/mol. The van der Waals surface area contributed by atoms with Crippen LogP contribution in [0, 0.1) is 17.2 Å². The summed E-state index contributed by atoms with van der Waals surface area (Å²) in [6.07, 6.45) is 2.58. The third-order valence-corrected chi connectivity index (χ3v) is 3.68. The highest BCUT2D eigenvalue weighted by molar-refractivity contribution is 5.78. The van der Waals surface area contributed by atoms with Gasteiger partial charge in [0.15, 0.2) is 0 Å². The number of nitriles is 1. The van der Waals surface area contributed by atoms with Gasteiger partial charge >= 0.3 is 0 Å². The first-order valence-corrected chi connectivity index (χ1v) is 7.13. The molecule has 1 unspecified atom stereocenters. The number of hydrogen-bond donors (Lipinski definition) is 0. The molecule has 1 atom stereocenters. The molecule has 0 spiro atoms. The summed E-state index contributed by atoms with van der Waals surface area (Å²) in [7, 11) is 0. The van der Waals surface area contributed by atoms with E-state index in [9.17, 15) is 4.79 Å². The van der Waals surface area contributed by atoms with E-state index in [4.69, 9.17) is 10.00 Å². The second-order valence-corrected chi connectivity index (χ2v) is 5.16. The monoisotopic (exact) mass is 272 g/mol. The molecule has 0 aliphatic carbocycles. The van der Waals surface area contributed by atoms with E-state index in [-0.39, 0.29) is 5.91 Å². The highest BCUT2D eigenvalue weighted by Crippen LogP contribution is 2.20. The number of nitrogens with zero attached hydrogens (tertiary/aromatic N) is 2. The Bertz CT molecular complexity index is 507. The van der Waals surface area contributed by atoms with Crippen molar-refractivity contribution in [1.82, 2.24) is 4.90 Å². The number of carbonyl (C=O) groups is 1. The van der Waals surface area contributed by atoms with Crippen LogP contribution in [0.5, 0.6) is 5.75 Å². The summed E-state index contributed by atoms with van der Waals surface area (Å²) in [4.78, 5) is 13.7. The molecule has 20 heavy (non-hydrogen) atoms. The summed E-state index contributed by atoms with van der Waals surface area (Å²) in [5.41, 5.74) is 0.600. The zero-order valence-corrected chi connectivity index (χ0v) is 11.8.